The van der Waals surface area contributed by atoms with Crippen molar-refractivity contribution in [3.63, 3.8) is 0 Å². The van der Waals surface area contributed by atoms with Crippen LogP contribution in [0, 0.1) is 12.7 Å². The van der Waals surface area contributed by atoms with Gasteiger partial charge in [0.15, 0.2) is 11.5 Å². The SMILES string of the molecule is Cc1ccc(NC(=O)C(C)(C)n2nc(-c3ccc4c(c3)OCO4)ccc2=O)cc1F. The topological polar surface area (TPSA) is 82.5 Å². The number of benzene rings is 2. The Morgan fingerprint density at radius 3 is 2.63 bits per heavy atom. The summed E-state index contributed by atoms with van der Waals surface area (Å²) in [5.41, 5.74) is 0.220. The number of amides is 1. The van der Waals surface area contributed by atoms with Crippen molar-refractivity contribution >= 4 is 11.6 Å². The third-order valence-electron chi connectivity index (χ3n) is 4.98. The monoisotopic (exact) mass is 409 g/mol. The van der Waals surface area contributed by atoms with Crippen LogP contribution in [0.1, 0.15) is 19.4 Å². The number of hydrogen-bond acceptors (Lipinski definition) is 5. The summed E-state index contributed by atoms with van der Waals surface area (Å²) in [5.74, 6) is 0.302. The first kappa shape index (κ1) is 19.6. The van der Waals surface area contributed by atoms with E-state index in [2.05, 4.69) is 10.4 Å². The molecule has 1 amide bonds. The Morgan fingerprint density at radius 2 is 1.87 bits per heavy atom. The summed E-state index contributed by atoms with van der Waals surface area (Å²) in [7, 11) is 0. The molecule has 7 nitrogen and oxygen atoms in total. The van der Waals surface area contributed by atoms with Gasteiger partial charge in [-0.3, -0.25) is 9.59 Å². The average molecular weight is 409 g/mol. The third kappa shape index (κ3) is 3.52. The predicted octanol–water partition coefficient (Wildman–Crippen LogP) is 3.46. The summed E-state index contributed by atoms with van der Waals surface area (Å²) in [4.78, 5) is 25.4. The molecule has 2 heterocycles. The Balaban J connectivity index is 1.66. The van der Waals surface area contributed by atoms with E-state index in [-0.39, 0.29) is 6.79 Å². The molecule has 1 aliphatic heterocycles. The number of carbonyl (C=O) groups excluding carboxylic acids is 1. The Bertz CT molecular complexity index is 1200. The first-order valence-corrected chi connectivity index (χ1v) is 9.34. The second-order valence-electron chi connectivity index (χ2n) is 7.51. The van der Waals surface area contributed by atoms with Crippen LogP contribution in [0.5, 0.6) is 11.5 Å². The predicted molar refractivity (Wildman–Crippen MR) is 109 cm³/mol. The molecule has 2 aromatic carbocycles. The van der Waals surface area contributed by atoms with E-state index in [9.17, 15) is 14.0 Å². The molecular weight excluding hydrogens is 389 g/mol. The number of nitrogens with zero attached hydrogens (tertiary/aromatic N) is 2. The van der Waals surface area contributed by atoms with E-state index in [0.717, 1.165) is 4.68 Å². The molecule has 0 aliphatic carbocycles. The minimum absolute atomic E-state index is 0.151. The number of ether oxygens (including phenoxy) is 2. The van der Waals surface area contributed by atoms with Crippen molar-refractivity contribution in [2.45, 2.75) is 26.3 Å². The fourth-order valence-corrected chi connectivity index (χ4v) is 3.07. The first-order valence-electron chi connectivity index (χ1n) is 9.34. The highest BCUT2D eigenvalue weighted by Gasteiger charge is 2.32. The third-order valence-corrected chi connectivity index (χ3v) is 4.98. The van der Waals surface area contributed by atoms with Gasteiger partial charge >= 0.3 is 0 Å². The molecule has 8 heteroatoms. The summed E-state index contributed by atoms with van der Waals surface area (Å²) in [6.45, 7) is 4.93. The number of fused-ring (bicyclic) bond motifs is 1. The van der Waals surface area contributed by atoms with E-state index < -0.39 is 22.8 Å². The molecular formula is C22H20FN3O4. The quantitative estimate of drug-likeness (QED) is 0.714. The van der Waals surface area contributed by atoms with Gasteiger partial charge in [-0.2, -0.15) is 5.10 Å². The summed E-state index contributed by atoms with van der Waals surface area (Å²) >= 11 is 0. The van der Waals surface area contributed by atoms with E-state index in [0.29, 0.717) is 34.0 Å². The smallest absolute Gasteiger partial charge is 0.267 e. The van der Waals surface area contributed by atoms with Crippen LogP contribution in [0.25, 0.3) is 11.3 Å². The molecule has 1 aliphatic rings. The number of nitrogens with one attached hydrogen (secondary N) is 1. The molecule has 0 fully saturated rings. The molecule has 0 radical (unpaired) electrons. The Hall–Kier alpha value is -3.68. The van der Waals surface area contributed by atoms with E-state index in [1.807, 2.05) is 0 Å². The minimum atomic E-state index is -1.33. The van der Waals surface area contributed by atoms with Gasteiger partial charge in [-0.15, -0.1) is 0 Å². The van der Waals surface area contributed by atoms with Crippen molar-refractivity contribution < 1.29 is 18.7 Å². The summed E-state index contributed by atoms with van der Waals surface area (Å²) in [6, 6.07) is 12.7. The van der Waals surface area contributed by atoms with Crippen molar-refractivity contribution in [2.24, 2.45) is 0 Å². The number of hydrogen-bond donors (Lipinski definition) is 1. The lowest BCUT2D eigenvalue weighted by Crippen LogP contribution is -2.47. The van der Waals surface area contributed by atoms with Crippen molar-refractivity contribution in [3.8, 4) is 22.8 Å². The molecule has 1 aromatic heterocycles. The molecule has 4 rings (SSSR count). The Labute approximate surface area is 172 Å². The maximum Gasteiger partial charge on any atom is 0.267 e. The fourth-order valence-electron chi connectivity index (χ4n) is 3.07. The number of aromatic nitrogens is 2. The molecule has 0 saturated heterocycles. The van der Waals surface area contributed by atoms with Gasteiger partial charge in [0.2, 0.25) is 6.79 Å². The largest absolute Gasteiger partial charge is 0.454 e. The lowest BCUT2D eigenvalue weighted by molar-refractivity contribution is -0.123. The van der Waals surface area contributed by atoms with Gasteiger partial charge in [0, 0.05) is 17.3 Å². The zero-order chi connectivity index (χ0) is 21.5. The second kappa shape index (κ2) is 7.29. The average Bonchev–Trinajstić information content (AvgIpc) is 3.18. The van der Waals surface area contributed by atoms with Crippen LogP contribution in [0.2, 0.25) is 0 Å². The summed E-state index contributed by atoms with van der Waals surface area (Å²) < 4.78 is 25.6. The van der Waals surface area contributed by atoms with Gasteiger partial charge in [-0.25, -0.2) is 9.07 Å². The minimum Gasteiger partial charge on any atom is -0.454 e. The van der Waals surface area contributed by atoms with Crippen LogP contribution in [0.4, 0.5) is 10.1 Å². The Morgan fingerprint density at radius 1 is 1.10 bits per heavy atom. The maximum atomic E-state index is 13.8. The normalized spacial score (nSPS) is 12.7. The molecule has 0 bridgehead atoms. The van der Waals surface area contributed by atoms with Crippen LogP contribution in [0.15, 0.2) is 53.3 Å². The van der Waals surface area contributed by atoms with Gasteiger partial charge in [0.25, 0.3) is 11.5 Å². The van der Waals surface area contributed by atoms with Crippen LogP contribution >= 0.6 is 0 Å². The zero-order valence-corrected chi connectivity index (χ0v) is 16.7. The molecule has 0 spiro atoms. The standard InChI is InChI=1S/C22H20FN3O4/c1-13-4-6-15(11-16(13)23)24-21(28)22(2,3)26-20(27)9-7-17(25-26)14-5-8-18-19(10-14)30-12-29-18/h4-11H,12H2,1-3H3,(H,24,28). The maximum absolute atomic E-state index is 13.8. The van der Waals surface area contributed by atoms with Gasteiger partial charge in [0.1, 0.15) is 11.4 Å². The number of aryl methyl sites for hydroxylation is 1. The second-order valence-corrected chi connectivity index (χ2v) is 7.51. The van der Waals surface area contributed by atoms with Crippen LogP contribution in [0.3, 0.4) is 0 Å². The van der Waals surface area contributed by atoms with E-state index in [4.69, 9.17) is 9.47 Å². The highest BCUT2D eigenvalue weighted by molar-refractivity contribution is 5.96. The van der Waals surface area contributed by atoms with E-state index in [1.54, 1.807) is 57.2 Å². The Kier molecular flexibility index (Phi) is 4.77. The van der Waals surface area contributed by atoms with Gasteiger partial charge < -0.3 is 14.8 Å². The van der Waals surface area contributed by atoms with Crippen LogP contribution in [-0.2, 0) is 10.3 Å². The van der Waals surface area contributed by atoms with Crippen LogP contribution in [-0.4, -0.2) is 22.5 Å². The number of anilines is 1. The lowest BCUT2D eigenvalue weighted by Gasteiger charge is -2.25. The number of rotatable bonds is 4. The lowest BCUT2D eigenvalue weighted by atomic mass is 10.0. The van der Waals surface area contributed by atoms with Gasteiger partial charge in [-0.1, -0.05) is 6.07 Å². The van der Waals surface area contributed by atoms with E-state index >= 15 is 0 Å². The van der Waals surface area contributed by atoms with E-state index in [1.165, 1.54) is 12.1 Å². The highest BCUT2D eigenvalue weighted by atomic mass is 19.1. The summed E-state index contributed by atoms with van der Waals surface area (Å²) in [6.07, 6.45) is 0. The van der Waals surface area contributed by atoms with Gasteiger partial charge in [0.05, 0.1) is 5.69 Å². The number of carbonyl (C=O) groups is 1. The van der Waals surface area contributed by atoms with Crippen molar-refractivity contribution in [1.29, 1.82) is 0 Å². The molecule has 1 N–H and O–H groups in total. The molecule has 30 heavy (non-hydrogen) atoms. The van der Waals surface area contributed by atoms with Crippen molar-refractivity contribution in [3.05, 3.63) is 70.3 Å². The molecule has 0 unspecified atom stereocenters. The van der Waals surface area contributed by atoms with Crippen molar-refractivity contribution in [1.82, 2.24) is 9.78 Å². The molecule has 0 atom stereocenters. The highest BCUT2D eigenvalue weighted by Crippen LogP contribution is 2.35. The van der Waals surface area contributed by atoms with Crippen molar-refractivity contribution in [2.75, 3.05) is 12.1 Å². The first-order chi connectivity index (χ1) is 14.3. The van der Waals surface area contributed by atoms with Gasteiger partial charge in [-0.05, 0) is 62.7 Å². The molecule has 0 saturated carbocycles. The number of halogens is 1. The van der Waals surface area contributed by atoms with Crippen LogP contribution < -0.4 is 20.3 Å². The summed E-state index contributed by atoms with van der Waals surface area (Å²) in [5, 5.41) is 7.06. The zero-order valence-electron chi connectivity index (χ0n) is 16.7. The fraction of sp³-hybridized carbons (Fsp3) is 0.227. The molecule has 154 valence electrons. The molecule has 3 aromatic rings.